The molecule has 0 aromatic carbocycles. The lowest BCUT2D eigenvalue weighted by molar-refractivity contribution is 0.0633. The average Bonchev–Trinajstić information content (AvgIpc) is 2.04. The Kier molecular flexibility index (Phi) is 3.19. The van der Waals surface area contributed by atoms with Crippen molar-refractivity contribution in [2.75, 3.05) is 0 Å². The van der Waals surface area contributed by atoms with Crippen LogP contribution in [0.25, 0.3) is 0 Å². The standard InChI is InChI=1S/3Al.3H3O4P/c;;;3*1-5(2,3)4/h;;;3*(H3,1,2,3,4)/q3*+3;;;/p-9. The third kappa shape index (κ3) is 2.33. The van der Waals surface area contributed by atoms with Gasteiger partial charge in [0.1, 0.15) is 0 Å². The van der Waals surface area contributed by atoms with Crippen LogP contribution in [0, 0.1) is 0 Å². The minimum absolute atomic E-state index is 1.66. The molecule has 9 aliphatic rings. The second kappa shape index (κ2) is 4.23. The van der Waals surface area contributed by atoms with Crippen LogP contribution in [0.1, 0.15) is 0 Å². The van der Waals surface area contributed by atoms with E-state index in [1.807, 2.05) is 0 Å². The monoisotopic (exact) mass is 366 g/mol. The number of phosphoric acid groups is 3. The molecular formula is Al3O12P3. The maximum Gasteiger partial charge on any atom is 0.931 e. The van der Waals surface area contributed by atoms with E-state index in [0.29, 0.717) is 0 Å². The van der Waals surface area contributed by atoms with Crippen LogP contribution >= 0.6 is 23.5 Å². The first kappa shape index (κ1) is 13.6. The lowest BCUT2D eigenvalue weighted by Crippen LogP contribution is -2.47. The smallest absolute Gasteiger partial charge is 0.365 e. The molecular weight excluding hydrogens is 366 g/mol. The average molecular weight is 366 g/mol. The third-order valence-electron chi connectivity index (χ3n) is 1.94. The van der Waals surface area contributed by atoms with Gasteiger partial charge in [0.25, 0.3) is 0 Å². The molecule has 0 aliphatic carbocycles. The zero-order chi connectivity index (χ0) is 12.6. The van der Waals surface area contributed by atoms with Crippen molar-refractivity contribution < 1.29 is 45.9 Å². The predicted molar refractivity (Wildman–Crippen MR) is 49.8 cm³/mol. The summed E-state index contributed by atoms with van der Waals surface area (Å²) < 4.78 is 70.5. The molecule has 9 saturated heterocycles. The second-order valence-corrected chi connectivity index (χ2v) is 15.2. The van der Waals surface area contributed by atoms with Gasteiger partial charge in [-0.25, -0.2) is 13.7 Å². The van der Waals surface area contributed by atoms with E-state index in [9.17, 15) is 13.7 Å². The van der Waals surface area contributed by atoms with Crippen molar-refractivity contribution in [1.82, 2.24) is 0 Å². The normalized spacial score (nSPS) is 34.3. The summed E-state index contributed by atoms with van der Waals surface area (Å²) in [6, 6.07) is 0. The molecule has 0 saturated carbocycles. The van der Waals surface area contributed by atoms with Crippen LogP contribution in [0.2, 0.25) is 0 Å². The van der Waals surface area contributed by atoms with Gasteiger partial charge >= 0.3 is 68.9 Å². The Morgan fingerprint density at radius 1 is 0.444 bits per heavy atom. The number of hydrogen-bond donors (Lipinski definition) is 0. The zero-order valence-electron chi connectivity index (χ0n) is 7.97. The molecule has 0 amide bonds. The molecule has 0 aromatic heterocycles. The molecule has 0 aromatic rings. The maximum atomic E-state index is 10.1. The SMILES string of the molecule is O=P12[O][Al]([O]1)[O]2.O=P12[O][Al]([O]1)[O]2.O=P12[O][Al]([O]1)[O]2. The minimum Gasteiger partial charge on any atom is -0.365 e. The van der Waals surface area contributed by atoms with Crippen LogP contribution in [-0.4, -0.2) is 45.4 Å². The van der Waals surface area contributed by atoms with Gasteiger partial charge in [-0.15, -0.1) is 0 Å². The molecule has 0 radical (unpaired) electrons. The molecule has 9 fully saturated rings. The topological polar surface area (TPSA) is 134 Å². The largest absolute Gasteiger partial charge is 0.931 e. The van der Waals surface area contributed by atoms with E-state index in [2.05, 4.69) is 32.2 Å². The molecule has 0 spiro atoms. The van der Waals surface area contributed by atoms with Crippen molar-refractivity contribution in [3.05, 3.63) is 0 Å². The van der Waals surface area contributed by atoms with Crippen molar-refractivity contribution in [3.8, 4) is 0 Å². The van der Waals surface area contributed by atoms with Gasteiger partial charge in [0.15, 0.2) is 0 Å². The molecule has 12 nitrogen and oxygen atoms in total. The highest BCUT2D eigenvalue weighted by molar-refractivity contribution is 7.61. The maximum absolute atomic E-state index is 10.1. The highest BCUT2D eigenvalue weighted by Gasteiger charge is 2.73. The number of rotatable bonds is 0. The Morgan fingerprint density at radius 2 is 0.556 bits per heavy atom. The first-order chi connectivity index (χ1) is 8.36. The third-order valence-corrected chi connectivity index (χ3v) is 17.4. The summed E-state index contributed by atoms with van der Waals surface area (Å²) in [7, 11) is -8.28. The Hall–Kier alpha value is 1.93. The van der Waals surface area contributed by atoms with Crippen molar-refractivity contribution in [1.29, 1.82) is 0 Å². The van der Waals surface area contributed by atoms with Crippen molar-refractivity contribution in [2.45, 2.75) is 0 Å². The first-order valence-electron chi connectivity index (χ1n) is 4.31. The summed E-state index contributed by atoms with van der Waals surface area (Å²) in [5.74, 6) is 0. The Balaban J connectivity index is 0.0000000735. The molecule has 96 valence electrons. The van der Waals surface area contributed by atoms with Crippen LogP contribution in [0.5, 0.6) is 0 Å². The lowest BCUT2D eigenvalue weighted by Gasteiger charge is -2.42. The fraction of sp³-hybridized carbons (Fsp3) is 0. The van der Waals surface area contributed by atoms with Crippen LogP contribution in [-0.2, 0) is 45.9 Å². The van der Waals surface area contributed by atoms with E-state index in [1.165, 1.54) is 0 Å². The lowest BCUT2D eigenvalue weighted by atomic mass is 15.5. The molecule has 6 bridgehead atoms. The van der Waals surface area contributed by atoms with Crippen molar-refractivity contribution in [2.24, 2.45) is 0 Å². The number of hydrogen-bond acceptors (Lipinski definition) is 12. The van der Waals surface area contributed by atoms with Crippen LogP contribution < -0.4 is 0 Å². The van der Waals surface area contributed by atoms with E-state index in [0.717, 1.165) is 0 Å². The summed E-state index contributed by atoms with van der Waals surface area (Å²) in [6.07, 6.45) is 0. The van der Waals surface area contributed by atoms with Crippen LogP contribution in [0.15, 0.2) is 0 Å². The molecule has 9 heterocycles. The van der Waals surface area contributed by atoms with E-state index in [-0.39, 0.29) is 0 Å². The zero-order valence-corrected chi connectivity index (χ0v) is 14.1. The Bertz CT molecular complexity index is 393. The molecule has 9 aliphatic heterocycles. The van der Waals surface area contributed by atoms with Gasteiger partial charge in [-0.05, 0) is 0 Å². The van der Waals surface area contributed by atoms with Gasteiger partial charge in [0.05, 0.1) is 0 Å². The minimum atomic E-state index is -2.76. The van der Waals surface area contributed by atoms with E-state index in [1.54, 1.807) is 0 Å². The highest BCUT2D eigenvalue weighted by Crippen LogP contribution is 2.72. The molecule has 18 heteroatoms. The summed E-state index contributed by atoms with van der Waals surface area (Å²) in [5, 5.41) is 0. The summed E-state index contributed by atoms with van der Waals surface area (Å²) in [6.45, 7) is 0. The second-order valence-electron chi connectivity index (χ2n) is 3.16. The molecule has 0 N–H and O–H groups in total. The molecule has 9 rings (SSSR count). The Labute approximate surface area is 114 Å². The van der Waals surface area contributed by atoms with E-state index in [4.69, 9.17) is 0 Å². The van der Waals surface area contributed by atoms with Gasteiger partial charge < -0.3 is 32.2 Å². The van der Waals surface area contributed by atoms with Crippen molar-refractivity contribution >= 4 is 68.9 Å². The molecule has 0 atom stereocenters. The van der Waals surface area contributed by atoms with Crippen LogP contribution in [0.3, 0.4) is 0 Å². The quantitative estimate of drug-likeness (QED) is 0.436. The summed E-state index contributed by atoms with van der Waals surface area (Å²) >= 11 is -4.97. The first-order valence-corrected chi connectivity index (χ1v) is 12.9. The molecule has 18 heavy (non-hydrogen) atoms. The summed E-state index contributed by atoms with van der Waals surface area (Å²) in [5.41, 5.74) is 0. The fourth-order valence-corrected chi connectivity index (χ4v) is 9.18. The van der Waals surface area contributed by atoms with Gasteiger partial charge in [0, 0.05) is 0 Å². The fourth-order valence-electron chi connectivity index (χ4n) is 1.02. The van der Waals surface area contributed by atoms with Crippen molar-refractivity contribution in [3.63, 3.8) is 0 Å². The van der Waals surface area contributed by atoms with E-state index >= 15 is 0 Å². The van der Waals surface area contributed by atoms with Gasteiger partial charge in [0.2, 0.25) is 0 Å². The van der Waals surface area contributed by atoms with E-state index < -0.39 is 68.9 Å². The summed E-state index contributed by atoms with van der Waals surface area (Å²) in [4.78, 5) is 0. The van der Waals surface area contributed by atoms with Gasteiger partial charge in [-0.3, -0.25) is 0 Å². The van der Waals surface area contributed by atoms with Gasteiger partial charge in [-0.1, -0.05) is 0 Å². The van der Waals surface area contributed by atoms with Gasteiger partial charge in [-0.2, -0.15) is 0 Å². The van der Waals surface area contributed by atoms with Crippen LogP contribution in [0.4, 0.5) is 0 Å². The highest BCUT2D eigenvalue weighted by atomic mass is 31.2. The Morgan fingerprint density at radius 3 is 0.556 bits per heavy atom. The molecule has 0 unspecified atom stereocenters. The predicted octanol–water partition coefficient (Wildman–Crippen LogP) is 0.469.